The Labute approximate surface area is 144 Å². The van der Waals surface area contributed by atoms with Crippen molar-refractivity contribution in [1.82, 2.24) is 4.90 Å². The van der Waals surface area contributed by atoms with Crippen LogP contribution in [-0.2, 0) is 0 Å². The largest absolute Gasteiger partial charge is 0.491 e. The minimum absolute atomic E-state index is 0.358. The van der Waals surface area contributed by atoms with E-state index < -0.39 is 5.60 Å². The highest BCUT2D eigenvalue weighted by molar-refractivity contribution is 6.32. The van der Waals surface area contributed by atoms with Crippen LogP contribution >= 0.6 is 11.6 Å². The van der Waals surface area contributed by atoms with Crippen molar-refractivity contribution in [1.29, 1.82) is 0 Å². The van der Waals surface area contributed by atoms with E-state index in [4.69, 9.17) is 16.3 Å². The molecule has 0 unspecified atom stereocenters. The molecule has 1 N–H and O–H groups in total. The van der Waals surface area contributed by atoms with Crippen LogP contribution in [0.3, 0.4) is 0 Å². The highest BCUT2D eigenvalue weighted by atomic mass is 35.5. The van der Waals surface area contributed by atoms with Crippen molar-refractivity contribution in [2.24, 2.45) is 0 Å². The van der Waals surface area contributed by atoms with Crippen molar-refractivity contribution in [2.45, 2.75) is 64.0 Å². The lowest BCUT2D eigenvalue weighted by Gasteiger charge is -2.41. The second kappa shape index (κ2) is 7.00. The Morgan fingerprint density at radius 1 is 1.22 bits per heavy atom. The molecule has 0 aromatic heterocycles. The van der Waals surface area contributed by atoms with Gasteiger partial charge >= 0.3 is 0 Å². The third kappa shape index (κ3) is 4.01. The van der Waals surface area contributed by atoms with E-state index in [-0.39, 0.29) is 0 Å². The normalized spacial score (nSPS) is 26.6. The zero-order chi connectivity index (χ0) is 16.4. The van der Waals surface area contributed by atoms with E-state index in [1.807, 2.05) is 26.0 Å². The average molecular weight is 338 g/mol. The van der Waals surface area contributed by atoms with E-state index in [0.717, 1.165) is 47.8 Å². The SMILES string of the molecule is Cc1cc(OC[C@@]2(O)CCCN(C3CCCC3)C2)cc(C)c1Cl. The van der Waals surface area contributed by atoms with Gasteiger partial charge in [-0.25, -0.2) is 0 Å². The number of aliphatic hydroxyl groups is 1. The van der Waals surface area contributed by atoms with E-state index in [2.05, 4.69) is 4.90 Å². The molecular weight excluding hydrogens is 310 g/mol. The maximum absolute atomic E-state index is 11.0. The Bertz CT molecular complexity index is 533. The monoisotopic (exact) mass is 337 g/mol. The second-order valence-corrected chi connectivity index (χ2v) is 7.77. The molecule has 1 aromatic rings. The van der Waals surface area contributed by atoms with Crippen molar-refractivity contribution >= 4 is 11.6 Å². The highest BCUT2D eigenvalue weighted by Crippen LogP contribution is 2.31. The first-order valence-electron chi connectivity index (χ1n) is 8.83. The molecule has 1 heterocycles. The number of halogens is 1. The zero-order valence-electron chi connectivity index (χ0n) is 14.3. The van der Waals surface area contributed by atoms with Crippen molar-refractivity contribution < 1.29 is 9.84 Å². The van der Waals surface area contributed by atoms with Crippen molar-refractivity contribution in [3.63, 3.8) is 0 Å². The summed E-state index contributed by atoms with van der Waals surface area (Å²) < 4.78 is 5.94. The Balaban J connectivity index is 1.62. The molecule has 0 amide bonds. The lowest BCUT2D eigenvalue weighted by molar-refractivity contribution is -0.0695. The molecule has 0 spiro atoms. The van der Waals surface area contributed by atoms with Gasteiger partial charge in [-0.3, -0.25) is 4.90 Å². The molecule has 2 aliphatic rings. The van der Waals surface area contributed by atoms with Crippen LogP contribution in [0.4, 0.5) is 0 Å². The van der Waals surface area contributed by atoms with Gasteiger partial charge in [0.15, 0.2) is 0 Å². The van der Waals surface area contributed by atoms with Crippen LogP contribution in [0.1, 0.15) is 49.7 Å². The minimum Gasteiger partial charge on any atom is -0.491 e. The number of β-amino-alcohol motifs (C(OH)–C–C–N with tert-alkyl or cyclic N) is 1. The molecule has 3 rings (SSSR count). The smallest absolute Gasteiger partial charge is 0.120 e. The van der Waals surface area contributed by atoms with Gasteiger partial charge in [-0.15, -0.1) is 0 Å². The first-order valence-corrected chi connectivity index (χ1v) is 9.21. The molecule has 0 bridgehead atoms. The van der Waals surface area contributed by atoms with Crippen LogP contribution < -0.4 is 4.74 Å². The third-order valence-corrected chi connectivity index (χ3v) is 5.94. The molecule has 1 aliphatic carbocycles. The molecule has 0 radical (unpaired) electrons. The number of hydrogen-bond acceptors (Lipinski definition) is 3. The molecule has 128 valence electrons. The average Bonchev–Trinajstić information content (AvgIpc) is 3.05. The number of aryl methyl sites for hydroxylation is 2. The lowest BCUT2D eigenvalue weighted by atomic mass is 9.92. The number of rotatable bonds is 4. The first kappa shape index (κ1) is 17.1. The topological polar surface area (TPSA) is 32.7 Å². The predicted molar refractivity (Wildman–Crippen MR) is 94.4 cm³/mol. The lowest BCUT2D eigenvalue weighted by Crippen LogP contribution is -2.54. The fourth-order valence-corrected chi connectivity index (χ4v) is 4.16. The Hall–Kier alpha value is -0.770. The molecule has 1 saturated heterocycles. The molecule has 2 fully saturated rings. The second-order valence-electron chi connectivity index (χ2n) is 7.40. The summed E-state index contributed by atoms with van der Waals surface area (Å²) in [5.74, 6) is 0.802. The van der Waals surface area contributed by atoms with Crippen LogP contribution in [0.25, 0.3) is 0 Å². The molecule has 23 heavy (non-hydrogen) atoms. The van der Waals surface area contributed by atoms with Gasteiger partial charge in [0.25, 0.3) is 0 Å². The van der Waals surface area contributed by atoms with Crippen LogP contribution in [0.5, 0.6) is 5.75 Å². The fourth-order valence-electron chi connectivity index (χ4n) is 4.05. The molecule has 4 heteroatoms. The summed E-state index contributed by atoms with van der Waals surface area (Å²) >= 11 is 6.21. The fraction of sp³-hybridized carbons (Fsp3) is 0.684. The standard InChI is InChI=1S/C19H28ClNO2/c1-14-10-17(11-15(2)18(14)20)23-13-19(22)8-5-9-21(12-19)16-6-3-4-7-16/h10-11,16,22H,3-9,12-13H2,1-2H3/t19-/m1/s1. The predicted octanol–water partition coefficient (Wildman–Crippen LogP) is 4.11. The molecule has 1 saturated carbocycles. The van der Waals surface area contributed by atoms with E-state index in [1.54, 1.807) is 0 Å². The van der Waals surface area contributed by atoms with Crippen LogP contribution in [0.15, 0.2) is 12.1 Å². The number of benzene rings is 1. The van der Waals surface area contributed by atoms with E-state index in [0.29, 0.717) is 12.6 Å². The molecular formula is C19H28ClNO2. The molecule has 1 aliphatic heterocycles. The molecule has 1 aromatic carbocycles. The number of piperidine rings is 1. The van der Waals surface area contributed by atoms with Gasteiger partial charge in [-0.1, -0.05) is 24.4 Å². The Morgan fingerprint density at radius 2 is 1.87 bits per heavy atom. The maximum atomic E-state index is 11.0. The molecule has 3 nitrogen and oxygen atoms in total. The van der Waals surface area contributed by atoms with E-state index in [9.17, 15) is 5.11 Å². The summed E-state index contributed by atoms with van der Waals surface area (Å²) in [5, 5.41) is 11.8. The van der Waals surface area contributed by atoms with E-state index in [1.165, 1.54) is 25.7 Å². The zero-order valence-corrected chi connectivity index (χ0v) is 15.0. The van der Waals surface area contributed by atoms with Gasteiger partial charge in [0, 0.05) is 17.6 Å². The minimum atomic E-state index is -0.734. The van der Waals surface area contributed by atoms with Crippen LogP contribution in [0, 0.1) is 13.8 Å². The van der Waals surface area contributed by atoms with Gasteiger partial charge in [0.2, 0.25) is 0 Å². The third-order valence-electron chi connectivity index (χ3n) is 5.34. The van der Waals surface area contributed by atoms with Crippen molar-refractivity contribution in [2.75, 3.05) is 19.7 Å². The highest BCUT2D eigenvalue weighted by Gasteiger charge is 2.37. The van der Waals surface area contributed by atoms with Gasteiger partial charge in [0.05, 0.1) is 0 Å². The van der Waals surface area contributed by atoms with Gasteiger partial charge in [0.1, 0.15) is 18.0 Å². The number of nitrogens with zero attached hydrogens (tertiary/aromatic N) is 1. The van der Waals surface area contributed by atoms with Gasteiger partial charge in [-0.2, -0.15) is 0 Å². The summed E-state index contributed by atoms with van der Waals surface area (Å²) in [5.41, 5.74) is 1.30. The van der Waals surface area contributed by atoms with Crippen molar-refractivity contribution in [3.8, 4) is 5.75 Å². The number of likely N-dealkylation sites (tertiary alicyclic amines) is 1. The quantitative estimate of drug-likeness (QED) is 0.897. The van der Waals surface area contributed by atoms with Gasteiger partial charge in [-0.05, 0) is 69.3 Å². The summed E-state index contributed by atoms with van der Waals surface area (Å²) in [6, 6.07) is 4.58. The summed E-state index contributed by atoms with van der Waals surface area (Å²) in [7, 11) is 0. The van der Waals surface area contributed by atoms with E-state index >= 15 is 0 Å². The Kier molecular flexibility index (Phi) is 5.19. The summed E-state index contributed by atoms with van der Waals surface area (Å²) in [4.78, 5) is 2.48. The maximum Gasteiger partial charge on any atom is 0.120 e. The number of ether oxygens (including phenoxy) is 1. The van der Waals surface area contributed by atoms with Crippen LogP contribution in [0.2, 0.25) is 5.02 Å². The van der Waals surface area contributed by atoms with Gasteiger partial charge < -0.3 is 9.84 Å². The first-order chi connectivity index (χ1) is 11.0. The molecule has 1 atom stereocenters. The van der Waals surface area contributed by atoms with Crippen molar-refractivity contribution in [3.05, 3.63) is 28.3 Å². The Morgan fingerprint density at radius 3 is 2.52 bits per heavy atom. The van der Waals surface area contributed by atoms with Crippen LogP contribution in [-0.4, -0.2) is 41.3 Å². The number of hydrogen-bond donors (Lipinski definition) is 1. The summed E-state index contributed by atoms with van der Waals surface area (Å²) in [6.07, 6.45) is 7.11. The summed E-state index contributed by atoms with van der Waals surface area (Å²) in [6.45, 7) is 6.19.